The summed E-state index contributed by atoms with van der Waals surface area (Å²) in [5.41, 5.74) is 2.06. The molecule has 0 saturated heterocycles. The third-order valence-corrected chi connectivity index (χ3v) is 3.69. The van der Waals surface area contributed by atoms with Crippen LogP contribution in [-0.2, 0) is 0 Å². The van der Waals surface area contributed by atoms with Gasteiger partial charge in [0.2, 0.25) is 5.78 Å². The summed E-state index contributed by atoms with van der Waals surface area (Å²) in [6.07, 6.45) is 11.7. The topological polar surface area (TPSA) is 39.3 Å². The average Bonchev–Trinajstić information content (AvgIpc) is 2.98. The zero-order valence-corrected chi connectivity index (χ0v) is 10.9. The number of allylic oxidation sites excluding steroid dienone is 4. The number of hydrogen-bond acceptors (Lipinski definition) is 2. The molecule has 98 valence electrons. The molecular formula is C16H13N3O. The van der Waals surface area contributed by atoms with Crippen LogP contribution in [0.3, 0.4) is 0 Å². The molecule has 0 N–H and O–H groups in total. The summed E-state index contributed by atoms with van der Waals surface area (Å²) >= 11 is 0. The smallest absolute Gasteiger partial charge is 0.266 e. The summed E-state index contributed by atoms with van der Waals surface area (Å²) in [5.74, 6) is 0.676. The van der Waals surface area contributed by atoms with Crippen molar-refractivity contribution in [1.29, 1.82) is 0 Å². The molecule has 0 atom stereocenters. The van der Waals surface area contributed by atoms with E-state index in [0.717, 1.165) is 18.4 Å². The molecule has 2 heterocycles. The Hall–Kier alpha value is -2.62. The van der Waals surface area contributed by atoms with Gasteiger partial charge in [-0.3, -0.25) is 13.8 Å². The molecule has 4 nitrogen and oxygen atoms in total. The highest BCUT2D eigenvalue weighted by Gasteiger charge is 2.14. The summed E-state index contributed by atoms with van der Waals surface area (Å²) in [6.45, 7) is 0. The van der Waals surface area contributed by atoms with Gasteiger partial charge in [-0.05, 0) is 31.1 Å². The van der Waals surface area contributed by atoms with Gasteiger partial charge < -0.3 is 0 Å². The third-order valence-electron chi connectivity index (χ3n) is 3.69. The normalized spacial score (nSPS) is 14.9. The molecule has 20 heavy (non-hydrogen) atoms. The van der Waals surface area contributed by atoms with Gasteiger partial charge in [0.1, 0.15) is 0 Å². The number of rotatable bonds is 1. The highest BCUT2D eigenvalue weighted by molar-refractivity contribution is 5.84. The molecule has 2 aromatic heterocycles. The van der Waals surface area contributed by atoms with E-state index in [4.69, 9.17) is 0 Å². The van der Waals surface area contributed by atoms with E-state index >= 15 is 0 Å². The lowest BCUT2D eigenvalue weighted by Gasteiger charge is -2.17. The molecule has 1 aromatic carbocycles. The minimum absolute atomic E-state index is 0.0173. The first-order chi connectivity index (χ1) is 9.86. The molecular weight excluding hydrogens is 250 g/mol. The molecule has 1 aliphatic rings. The van der Waals surface area contributed by atoms with Crippen LogP contribution in [0.2, 0.25) is 0 Å². The molecule has 0 fully saturated rings. The fourth-order valence-corrected chi connectivity index (χ4v) is 2.77. The maximum absolute atomic E-state index is 12.5. The van der Waals surface area contributed by atoms with Crippen molar-refractivity contribution in [3.05, 3.63) is 65.2 Å². The monoisotopic (exact) mass is 263 g/mol. The van der Waals surface area contributed by atoms with E-state index in [1.165, 1.54) is 5.70 Å². The Kier molecular flexibility index (Phi) is 2.36. The van der Waals surface area contributed by atoms with Gasteiger partial charge in [0, 0.05) is 18.1 Å². The molecule has 1 aliphatic carbocycles. The second kappa shape index (κ2) is 4.20. The van der Waals surface area contributed by atoms with Gasteiger partial charge in [0.25, 0.3) is 5.56 Å². The zero-order chi connectivity index (χ0) is 13.5. The van der Waals surface area contributed by atoms with Gasteiger partial charge in [-0.25, -0.2) is 4.98 Å². The van der Waals surface area contributed by atoms with Crippen molar-refractivity contribution in [2.45, 2.75) is 12.8 Å². The second-order valence-corrected chi connectivity index (χ2v) is 4.88. The van der Waals surface area contributed by atoms with Crippen LogP contribution < -0.4 is 5.56 Å². The van der Waals surface area contributed by atoms with Crippen molar-refractivity contribution >= 4 is 22.4 Å². The van der Waals surface area contributed by atoms with Crippen molar-refractivity contribution in [3.8, 4) is 0 Å². The molecule has 0 saturated carbocycles. The SMILES string of the molecule is O=c1c2ccccc2n(C2=CC=CCC2)c2nccn12. The van der Waals surface area contributed by atoms with Crippen LogP contribution >= 0.6 is 0 Å². The fourth-order valence-electron chi connectivity index (χ4n) is 2.77. The largest absolute Gasteiger partial charge is 0.283 e. The van der Waals surface area contributed by atoms with E-state index in [1.54, 1.807) is 16.8 Å². The van der Waals surface area contributed by atoms with Crippen molar-refractivity contribution < 1.29 is 0 Å². The number of aromatic nitrogens is 3. The number of hydrogen-bond donors (Lipinski definition) is 0. The van der Waals surface area contributed by atoms with Crippen molar-refractivity contribution in [2.75, 3.05) is 0 Å². The third kappa shape index (κ3) is 1.48. The van der Waals surface area contributed by atoms with E-state index in [-0.39, 0.29) is 5.56 Å². The van der Waals surface area contributed by atoms with Crippen LogP contribution in [0.1, 0.15) is 12.8 Å². The number of benzene rings is 1. The predicted octanol–water partition coefficient (Wildman–Crippen LogP) is 2.84. The van der Waals surface area contributed by atoms with Gasteiger partial charge in [-0.15, -0.1) is 0 Å². The average molecular weight is 263 g/mol. The predicted molar refractivity (Wildman–Crippen MR) is 79.6 cm³/mol. The van der Waals surface area contributed by atoms with Crippen LogP contribution in [0.4, 0.5) is 0 Å². The Morgan fingerprint density at radius 3 is 2.95 bits per heavy atom. The van der Waals surface area contributed by atoms with E-state index in [1.807, 2.05) is 24.3 Å². The van der Waals surface area contributed by atoms with Crippen molar-refractivity contribution in [2.24, 2.45) is 0 Å². The minimum Gasteiger partial charge on any atom is -0.283 e. The molecule has 0 radical (unpaired) electrons. The number of fused-ring (bicyclic) bond motifs is 2. The van der Waals surface area contributed by atoms with Crippen molar-refractivity contribution in [1.82, 2.24) is 14.0 Å². The quantitative estimate of drug-likeness (QED) is 0.677. The lowest BCUT2D eigenvalue weighted by Crippen LogP contribution is -2.18. The highest BCUT2D eigenvalue weighted by Crippen LogP contribution is 2.23. The van der Waals surface area contributed by atoms with Gasteiger partial charge in [0.15, 0.2) is 0 Å². The Morgan fingerprint density at radius 1 is 1.20 bits per heavy atom. The van der Waals surface area contributed by atoms with Crippen LogP contribution in [0.5, 0.6) is 0 Å². The second-order valence-electron chi connectivity index (χ2n) is 4.88. The van der Waals surface area contributed by atoms with Gasteiger partial charge in [-0.1, -0.05) is 24.3 Å². The molecule has 0 unspecified atom stereocenters. The van der Waals surface area contributed by atoms with Crippen LogP contribution in [0.25, 0.3) is 22.4 Å². The number of imidazole rings is 1. The standard InChI is InChI=1S/C16H13N3O/c20-15-13-8-4-5-9-14(13)19(12-6-2-1-3-7-12)16-17-10-11-18(15)16/h1-2,4-6,8-11H,3,7H2. The van der Waals surface area contributed by atoms with Gasteiger partial charge in [-0.2, -0.15) is 0 Å². The van der Waals surface area contributed by atoms with E-state index in [2.05, 4.69) is 27.8 Å². The molecule has 0 bridgehead atoms. The van der Waals surface area contributed by atoms with Gasteiger partial charge in [0.05, 0.1) is 10.9 Å². The van der Waals surface area contributed by atoms with E-state index in [0.29, 0.717) is 11.2 Å². The lowest BCUT2D eigenvalue weighted by atomic mass is 10.1. The number of nitrogens with zero attached hydrogens (tertiary/aromatic N) is 3. The van der Waals surface area contributed by atoms with Crippen LogP contribution in [-0.4, -0.2) is 14.0 Å². The fraction of sp³-hybridized carbons (Fsp3) is 0.125. The first kappa shape index (κ1) is 11.2. The maximum Gasteiger partial charge on any atom is 0.266 e. The maximum atomic E-state index is 12.5. The van der Waals surface area contributed by atoms with E-state index in [9.17, 15) is 4.79 Å². The Balaban J connectivity index is 2.23. The zero-order valence-electron chi connectivity index (χ0n) is 10.9. The van der Waals surface area contributed by atoms with Crippen LogP contribution in [0.15, 0.2) is 59.7 Å². The minimum atomic E-state index is -0.0173. The number of para-hydroxylation sites is 1. The molecule has 4 heteroatoms. The molecule has 4 rings (SSSR count). The lowest BCUT2D eigenvalue weighted by molar-refractivity contribution is 0.934. The van der Waals surface area contributed by atoms with Crippen LogP contribution in [0, 0.1) is 0 Å². The Labute approximate surface area is 115 Å². The Bertz CT molecular complexity index is 928. The van der Waals surface area contributed by atoms with E-state index < -0.39 is 0 Å². The first-order valence-corrected chi connectivity index (χ1v) is 6.69. The van der Waals surface area contributed by atoms with Gasteiger partial charge >= 0.3 is 0 Å². The first-order valence-electron chi connectivity index (χ1n) is 6.69. The summed E-state index contributed by atoms with van der Waals surface area (Å²) in [5, 5.41) is 0.716. The summed E-state index contributed by atoms with van der Waals surface area (Å²) in [4.78, 5) is 16.8. The summed E-state index contributed by atoms with van der Waals surface area (Å²) < 4.78 is 3.70. The molecule has 0 aliphatic heterocycles. The summed E-state index contributed by atoms with van der Waals surface area (Å²) in [6, 6.07) is 7.69. The highest BCUT2D eigenvalue weighted by atomic mass is 16.1. The van der Waals surface area contributed by atoms with Crippen molar-refractivity contribution in [3.63, 3.8) is 0 Å². The summed E-state index contributed by atoms with van der Waals surface area (Å²) in [7, 11) is 0. The molecule has 0 amide bonds. The molecule has 3 aromatic rings. The Morgan fingerprint density at radius 2 is 2.10 bits per heavy atom. The molecule has 0 spiro atoms.